The first-order valence-corrected chi connectivity index (χ1v) is 11.3. The highest BCUT2D eigenvalue weighted by molar-refractivity contribution is 9.11. The van der Waals surface area contributed by atoms with Crippen molar-refractivity contribution < 1.29 is 32.3 Å². The summed E-state index contributed by atoms with van der Waals surface area (Å²) in [7, 11) is 0. The summed E-state index contributed by atoms with van der Waals surface area (Å²) in [4.78, 5) is 24.2. The van der Waals surface area contributed by atoms with E-state index in [1.165, 1.54) is 18.2 Å². The maximum Gasteiger partial charge on any atom is 0.421 e. The third-order valence-electron chi connectivity index (χ3n) is 4.67. The van der Waals surface area contributed by atoms with Gasteiger partial charge < -0.3 is 10.4 Å². The van der Waals surface area contributed by atoms with Crippen molar-refractivity contribution in [2.75, 3.05) is 0 Å². The van der Waals surface area contributed by atoms with Crippen LogP contribution in [0.3, 0.4) is 0 Å². The first-order valence-electron chi connectivity index (χ1n) is 9.32. The quantitative estimate of drug-likeness (QED) is 0.207. The maximum atomic E-state index is 13.8. The van der Waals surface area contributed by atoms with Crippen LogP contribution < -0.4 is 5.32 Å². The second-order valence-corrected chi connectivity index (χ2v) is 9.16. The van der Waals surface area contributed by atoms with E-state index in [1.54, 1.807) is 0 Å². The number of carbonyl (C=O) groups is 2. The molecule has 0 aliphatic rings. The lowest BCUT2D eigenvalue weighted by Crippen LogP contribution is -2.44. The Morgan fingerprint density at radius 2 is 1.72 bits per heavy atom. The van der Waals surface area contributed by atoms with Gasteiger partial charge in [-0.1, -0.05) is 30.7 Å². The van der Waals surface area contributed by atoms with Crippen LogP contribution in [0, 0.1) is 5.82 Å². The SMILES string of the molecule is CCCC(=O)NCc1ccc(C(=O)CC(O)(c2cc(Br)c(F)c(Br)c2)C(F)(F)F)cc1Cl. The molecule has 0 heterocycles. The zero-order valence-corrected chi connectivity index (χ0v) is 20.6. The summed E-state index contributed by atoms with van der Waals surface area (Å²) < 4.78 is 54.6. The molecule has 0 aliphatic heterocycles. The van der Waals surface area contributed by atoms with Gasteiger partial charge in [0.25, 0.3) is 0 Å². The normalized spacial score (nSPS) is 13.5. The fraction of sp³-hybridized carbons (Fsp3) is 0.333. The molecule has 4 nitrogen and oxygen atoms in total. The topological polar surface area (TPSA) is 66.4 Å². The van der Waals surface area contributed by atoms with E-state index < -0.39 is 35.4 Å². The molecular weight excluding hydrogens is 585 g/mol. The number of carbonyl (C=O) groups excluding carboxylic acids is 2. The minimum atomic E-state index is -5.23. The fourth-order valence-corrected chi connectivity index (χ4v) is 4.30. The van der Waals surface area contributed by atoms with Crippen molar-refractivity contribution in [3.63, 3.8) is 0 Å². The molecule has 1 unspecified atom stereocenters. The summed E-state index contributed by atoms with van der Waals surface area (Å²) in [5, 5.41) is 13.2. The van der Waals surface area contributed by atoms with Gasteiger partial charge in [-0.25, -0.2) is 4.39 Å². The number of aliphatic hydroxyl groups is 1. The van der Waals surface area contributed by atoms with E-state index in [2.05, 4.69) is 37.2 Å². The van der Waals surface area contributed by atoms with Gasteiger partial charge in [-0.05, 0) is 67.6 Å². The van der Waals surface area contributed by atoms with E-state index >= 15 is 0 Å². The minimum absolute atomic E-state index is 0.0791. The highest BCUT2D eigenvalue weighted by Crippen LogP contribution is 2.44. The molecule has 2 aromatic carbocycles. The molecule has 174 valence electrons. The zero-order valence-electron chi connectivity index (χ0n) is 16.6. The molecule has 0 bridgehead atoms. The summed E-state index contributed by atoms with van der Waals surface area (Å²) in [6.07, 6.45) is -5.58. The average Bonchev–Trinajstić information content (AvgIpc) is 2.69. The predicted molar refractivity (Wildman–Crippen MR) is 119 cm³/mol. The van der Waals surface area contributed by atoms with Crippen molar-refractivity contribution in [3.8, 4) is 0 Å². The molecule has 0 fully saturated rings. The molecule has 2 aromatic rings. The van der Waals surface area contributed by atoms with Gasteiger partial charge in [0.1, 0.15) is 0 Å². The van der Waals surface area contributed by atoms with Crippen molar-refractivity contribution in [1.29, 1.82) is 0 Å². The van der Waals surface area contributed by atoms with Gasteiger partial charge in [-0.15, -0.1) is 0 Å². The largest absolute Gasteiger partial charge is 0.421 e. The van der Waals surface area contributed by atoms with Crippen molar-refractivity contribution in [3.05, 3.63) is 66.8 Å². The molecule has 2 N–H and O–H groups in total. The van der Waals surface area contributed by atoms with E-state index in [4.69, 9.17) is 11.6 Å². The molecule has 0 aliphatic carbocycles. The van der Waals surface area contributed by atoms with Gasteiger partial charge in [0.15, 0.2) is 17.2 Å². The number of nitrogens with one attached hydrogen (secondary N) is 1. The lowest BCUT2D eigenvalue weighted by Gasteiger charge is -2.31. The van der Waals surface area contributed by atoms with Crippen molar-refractivity contribution in [1.82, 2.24) is 5.32 Å². The Kier molecular flexibility index (Phi) is 8.89. The van der Waals surface area contributed by atoms with Gasteiger partial charge >= 0.3 is 6.18 Å². The molecule has 0 spiro atoms. The average molecular weight is 604 g/mol. The lowest BCUT2D eigenvalue weighted by molar-refractivity contribution is -0.264. The predicted octanol–water partition coefficient (Wildman–Crippen LogP) is 6.44. The first-order chi connectivity index (χ1) is 14.8. The number of benzene rings is 2. The second kappa shape index (κ2) is 10.6. The molecule has 0 saturated carbocycles. The summed E-state index contributed by atoms with van der Waals surface area (Å²) in [6.45, 7) is 1.94. The molecule has 2 rings (SSSR count). The highest BCUT2D eigenvalue weighted by atomic mass is 79.9. The van der Waals surface area contributed by atoms with E-state index in [0.717, 1.165) is 12.1 Å². The second-order valence-electron chi connectivity index (χ2n) is 7.04. The summed E-state index contributed by atoms with van der Waals surface area (Å²) in [5.41, 5.74) is -3.95. The Labute approximate surface area is 203 Å². The van der Waals surface area contributed by atoms with Crippen LogP contribution in [0.5, 0.6) is 0 Å². The third-order valence-corrected chi connectivity index (χ3v) is 6.18. The van der Waals surface area contributed by atoms with Crippen LogP contribution in [0.25, 0.3) is 0 Å². The Morgan fingerprint density at radius 3 is 2.22 bits per heavy atom. The number of alkyl halides is 3. The van der Waals surface area contributed by atoms with Crippen LogP contribution in [-0.4, -0.2) is 23.0 Å². The first kappa shape index (κ1) is 26.8. The van der Waals surface area contributed by atoms with Gasteiger partial charge in [-0.2, -0.15) is 13.2 Å². The number of rotatable bonds is 8. The number of amides is 1. The number of hydrogen-bond acceptors (Lipinski definition) is 3. The molecule has 1 amide bonds. The van der Waals surface area contributed by atoms with Crippen LogP contribution in [0.1, 0.15) is 47.7 Å². The molecule has 0 radical (unpaired) electrons. The molecule has 1 atom stereocenters. The van der Waals surface area contributed by atoms with Gasteiger partial charge in [0.2, 0.25) is 5.91 Å². The molecule has 0 saturated heterocycles. The monoisotopic (exact) mass is 601 g/mol. The van der Waals surface area contributed by atoms with Gasteiger partial charge in [0, 0.05) is 23.6 Å². The van der Waals surface area contributed by atoms with Crippen LogP contribution in [0.2, 0.25) is 5.02 Å². The molecule has 32 heavy (non-hydrogen) atoms. The van der Waals surface area contributed by atoms with E-state index in [9.17, 15) is 32.3 Å². The zero-order chi connectivity index (χ0) is 24.3. The van der Waals surface area contributed by atoms with E-state index in [-0.39, 0.29) is 32.0 Å². The lowest BCUT2D eigenvalue weighted by atomic mass is 9.86. The smallest absolute Gasteiger partial charge is 0.376 e. The Morgan fingerprint density at radius 1 is 1.12 bits per heavy atom. The maximum absolute atomic E-state index is 13.8. The highest BCUT2D eigenvalue weighted by Gasteiger charge is 2.56. The minimum Gasteiger partial charge on any atom is -0.376 e. The fourth-order valence-electron chi connectivity index (χ4n) is 2.87. The molecule has 0 aromatic heterocycles. The van der Waals surface area contributed by atoms with E-state index in [1.807, 2.05) is 6.92 Å². The number of ketones is 1. The molecular formula is C21H18Br2ClF4NO3. The van der Waals surface area contributed by atoms with Gasteiger partial charge in [0.05, 0.1) is 15.4 Å². The summed E-state index contributed by atoms with van der Waals surface area (Å²) in [6, 6.07) is 5.41. The van der Waals surface area contributed by atoms with Crippen molar-refractivity contribution >= 4 is 55.2 Å². The molecule has 11 heteroatoms. The van der Waals surface area contributed by atoms with Gasteiger partial charge in [-0.3, -0.25) is 9.59 Å². The summed E-state index contributed by atoms with van der Waals surface area (Å²) in [5.74, 6) is -2.06. The van der Waals surface area contributed by atoms with Crippen molar-refractivity contribution in [2.45, 2.75) is 44.5 Å². The van der Waals surface area contributed by atoms with Crippen molar-refractivity contribution in [2.24, 2.45) is 0 Å². The van der Waals surface area contributed by atoms with Crippen LogP contribution >= 0.6 is 43.5 Å². The number of halogens is 7. The Bertz CT molecular complexity index is 1010. The number of Topliss-reactive ketones (excluding diaryl/α,β-unsaturated/α-hetero) is 1. The summed E-state index contributed by atoms with van der Waals surface area (Å²) >= 11 is 11.7. The Balaban J connectivity index is 2.31. The van der Waals surface area contributed by atoms with Crippen LogP contribution in [0.15, 0.2) is 39.3 Å². The number of hydrogen-bond donors (Lipinski definition) is 2. The van der Waals surface area contributed by atoms with Crippen LogP contribution in [-0.2, 0) is 16.9 Å². The standard InChI is InChI=1S/C21H18Br2ClF4NO3/c1-2-3-18(31)29-10-12-5-4-11(6-16(12)24)17(30)9-20(32,21(26,27)28)13-7-14(22)19(25)15(23)8-13/h4-8,32H,2-3,9-10H2,1H3,(H,29,31). The van der Waals surface area contributed by atoms with E-state index in [0.29, 0.717) is 18.4 Å². The third kappa shape index (κ3) is 6.09. The Hall–Kier alpha value is -1.49. The van der Waals surface area contributed by atoms with Crippen LogP contribution in [0.4, 0.5) is 17.6 Å².